The van der Waals surface area contributed by atoms with Gasteiger partial charge in [0.2, 0.25) is 0 Å². The highest BCUT2D eigenvalue weighted by molar-refractivity contribution is 5.79. The second-order valence-corrected chi connectivity index (χ2v) is 9.64. The average molecular weight is 359 g/mol. The van der Waals surface area contributed by atoms with E-state index in [0.29, 0.717) is 0 Å². The number of halogens is 1. The molecule has 1 aromatic rings. The molecule has 1 fully saturated rings. The van der Waals surface area contributed by atoms with Gasteiger partial charge in [0.1, 0.15) is 5.82 Å². The number of allylic oxidation sites excluding steroid dienone is 2. The second kappa shape index (κ2) is 7.34. The summed E-state index contributed by atoms with van der Waals surface area (Å²) >= 11 is 0. The highest BCUT2D eigenvalue weighted by Gasteiger charge is 2.35. The van der Waals surface area contributed by atoms with Crippen molar-refractivity contribution in [1.82, 2.24) is 4.90 Å². The Bertz CT molecular complexity index is 667. The van der Waals surface area contributed by atoms with Gasteiger partial charge in [-0.3, -0.25) is 4.90 Å². The van der Waals surface area contributed by atoms with E-state index in [1.54, 1.807) is 6.07 Å². The van der Waals surface area contributed by atoms with Crippen molar-refractivity contribution in [2.45, 2.75) is 53.9 Å². The molecule has 1 aliphatic carbocycles. The Balaban J connectivity index is 1.93. The van der Waals surface area contributed by atoms with Crippen LogP contribution in [0.2, 0.25) is 0 Å². The van der Waals surface area contributed by atoms with E-state index in [9.17, 15) is 0 Å². The topological polar surface area (TPSA) is 6.48 Å². The fourth-order valence-corrected chi connectivity index (χ4v) is 5.17. The molecular formula is C23H35FN2. The summed E-state index contributed by atoms with van der Waals surface area (Å²) < 4.78 is 15.0. The van der Waals surface area contributed by atoms with Crippen LogP contribution in [0.25, 0.3) is 5.57 Å². The SMILES string of the molecule is CCCN1CCN(c2cccc(F)c2C2=CC(C)(C)CC(C)(C)C2)CC1. The molecule has 0 bridgehead atoms. The highest BCUT2D eigenvalue weighted by atomic mass is 19.1. The first-order valence-corrected chi connectivity index (χ1v) is 10.2. The largest absolute Gasteiger partial charge is 0.368 e. The molecule has 2 aliphatic rings. The molecule has 1 aliphatic heterocycles. The van der Waals surface area contributed by atoms with E-state index in [1.165, 1.54) is 12.0 Å². The lowest BCUT2D eigenvalue weighted by molar-refractivity contribution is 0.228. The minimum atomic E-state index is -0.0711. The van der Waals surface area contributed by atoms with Crippen LogP contribution in [0.1, 0.15) is 59.4 Å². The molecule has 0 saturated carbocycles. The predicted octanol–water partition coefficient (Wildman–Crippen LogP) is 5.59. The molecule has 2 nitrogen and oxygen atoms in total. The Morgan fingerprint density at radius 3 is 2.35 bits per heavy atom. The Morgan fingerprint density at radius 1 is 1.04 bits per heavy atom. The quantitative estimate of drug-likeness (QED) is 0.692. The number of benzene rings is 1. The number of piperazine rings is 1. The van der Waals surface area contributed by atoms with E-state index < -0.39 is 0 Å². The van der Waals surface area contributed by atoms with Gasteiger partial charge in [-0.15, -0.1) is 0 Å². The molecule has 1 saturated heterocycles. The van der Waals surface area contributed by atoms with Crippen LogP contribution < -0.4 is 4.90 Å². The standard InChI is InChI=1S/C23H35FN2/c1-6-10-25-11-13-26(14-12-25)20-9-7-8-19(24)21(20)18-15-22(2,3)17-23(4,5)16-18/h7-9,15H,6,10-14,16-17H2,1-5H3. The Morgan fingerprint density at radius 2 is 1.73 bits per heavy atom. The molecule has 1 heterocycles. The van der Waals surface area contributed by atoms with Gasteiger partial charge in [0.15, 0.2) is 0 Å². The van der Waals surface area contributed by atoms with Gasteiger partial charge in [-0.1, -0.05) is 46.8 Å². The average Bonchev–Trinajstić information content (AvgIpc) is 2.52. The van der Waals surface area contributed by atoms with E-state index in [4.69, 9.17) is 0 Å². The van der Waals surface area contributed by atoms with Crippen LogP contribution in [-0.2, 0) is 0 Å². The predicted molar refractivity (Wildman–Crippen MR) is 110 cm³/mol. The fraction of sp³-hybridized carbons (Fsp3) is 0.652. The van der Waals surface area contributed by atoms with Gasteiger partial charge in [-0.05, 0) is 54.3 Å². The summed E-state index contributed by atoms with van der Waals surface area (Å²) in [6.07, 6.45) is 5.61. The summed E-state index contributed by atoms with van der Waals surface area (Å²) in [4.78, 5) is 4.90. The lowest BCUT2D eigenvalue weighted by atomic mass is 9.65. The van der Waals surface area contributed by atoms with Gasteiger partial charge >= 0.3 is 0 Å². The maximum Gasteiger partial charge on any atom is 0.132 e. The van der Waals surface area contributed by atoms with Crippen molar-refractivity contribution in [1.29, 1.82) is 0 Å². The van der Waals surface area contributed by atoms with Crippen LogP contribution in [0.5, 0.6) is 0 Å². The van der Waals surface area contributed by atoms with Crippen molar-refractivity contribution < 1.29 is 4.39 Å². The van der Waals surface area contributed by atoms with Crippen molar-refractivity contribution in [3.05, 3.63) is 35.7 Å². The van der Waals surface area contributed by atoms with Crippen LogP contribution in [0.3, 0.4) is 0 Å². The zero-order valence-corrected chi connectivity index (χ0v) is 17.2. The van der Waals surface area contributed by atoms with Crippen molar-refractivity contribution >= 4 is 11.3 Å². The third-order valence-corrected chi connectivity index (χ3v) is 5.73. The maximum atomic E-state index is 15.0. The monoisotopic (exact) mass is 358 g/mol. The second-order valence-electron chi connectivity index (χ2n) is 9.64. The molecule has 0 N–H and O–H groups in total. The van der Waals surface area contributed by atoms with Gasteiger partial charge in [-0.25, -0.2) is 4.39 Å². The minimum absolute atomic E-state index is 0.0711. The molecule has 0 amide bonds. The summed E-state index contributed by atoms with van der Waals surface area (Å²) in [5, 5.41) is 0. The summed E-state index contributed by atoms with van der Waals surface area (Å²) in [7, 11) is 0. The van der Waals surface area contributed by atoms with Crippen LogP contribution in [-0.4, -0.2) is 37.6 Å². The van der Waals surface area contributed by atoms with E-state index >= 15 is 4.39 Å². The molecule has 0 spiro atoms. The van der Waals surface area contributed by atoms with Crippen LogP contribution in [0.15, 0.2) is 24.3 Å². The third kappa shape index (κ3) is 4.31. The van der Waals surface area contributed by atoms with E-state index in [0.717, 1.165) is 56.8 Å². The molecule has 3 rings (SSSR count). The first kappa shape index (κ1) is 19.4. The highest BCUT2D eigenvalue weighted by Crippen LogP contribution is 2.49. The molecule has 1 aromatic carbocycles. The van der Waals surface area contributed by atoms with Crippen LogP contribution in [0, 0.1) is 16.6 Å². The van der Waals surface area contributed by atoms with Crippen LogP contribution in [0.4, 0.5) is 10.1 Å². The smallest absolute Gasteiger partial charge is 0.132 e. The number of nitrogens with zero attached hydrogens (tertiary/aromatic N) is 2. The van der Waals surface area contributed by atoms with Crippen molar-refractivity contribution in [3.8, 4) is 0 Å². The Hall–Kier alpha value is -1.35. The van der Waals surface area contributed by atoms with Gasteiger partial charge in [0.05, 0.1) is 0 Å². The minimum Gasteiger partial charge on any atom is -0.368 e. The molecule has 0 aromatic heterocycles. The molecule has 0 unspecified atom stereocenters. The van der Waals surface area contributed by atoms with Crippen molar-refractivity contribution in [2.75, 3.05) is 37.6 Å². The third-order valence-electron chi connectivity index (χ3n) is 5.73. The zero-order valence-electron chi connectivity index (χ0n) is 17.2. The van der Waals surface area contributed by atoms with Gasteiger partial charge in [0, 0.05) is 37.4 Å². The molecular weight excluding hydrogens is 323 g/mol. The first-order chi connectivity index (χ1) is 12.2. The van der Waals surface area contributed by atoms with Crippen molar-refractivity contribution in [3.63, 3.8) is 0 Å². The summed E-state index contributed by atoms with van der Waals surface area (Å²) in [5.41, 5.74) is 3.43. The lowest BCUT2D eigenvalue weighted by Gasteiger charge is -2.41. The summed E-state index contributed by atoms with van der Waals surface area (Å²) in [5.74, 6) is -0.0711. The van der Waals surface area contributed by atoms with Crippen LogP contribution >= 0.6 is 0 Å². The van der Waals surface area contributed by atoms with Crippen molar-refractivity contribution in [2.24, 2.45) is 10.8 Å². The molecule has 3 heteroatoms. The maximum absolute atomic E-state index is 15.0. The molecule has 26 heavy (non-hydrogen) atoms. The zero-order chi connectivity index (χ0) is 18.9. The van der Waals surface area contributed by atoms with E-state index in [1.807, 2.05) is 6.07 Å². The van der Waals surface area contributed by atoms with Gasteiger partial charge in [-0.2, -0.15) is 0 Å². The Kier molecular flexibility index (Phi) is 5.48. The number of hydrogen-bond acceptors (Lipinski definition) is 2. The molecule has 0 atom stereocenters. The van der Waals surface area contributed by atoms with Gasteiger partial charge in [0.25, 0.3) is 0 Å². The van der Waals surface area contributed by atoms with Gasteiger partial charge < -0.3 is 4.90 Å². The number of anilines is 1. The number of rotatable bonds is 4. The molecule has 0 radical (unpaired) electrons. The first-order valence-electron chi connectivity index (χ1n) is 10.2. The normalized spacial score (nSPS) is 23.0. The van der Waals surface area contributed by atoms with E-state index in [-0.39, 0.29) is 16.6 Å². The summed E-state index contributed by atoms with van der Waals surface area (Å²) in [6.45, 7) is 16.7. The number of hydrogen-bond donors (Lipinski definition) is 0. The lowest BCUT2D eigenvalue weighted by Crippen LogP contribution is -2.46. The van der Waals surface area contributed by atoms with E-state index in [2.05, 4.69) is 56.6 Å². The molecule has 144 valence electrons. The fourth-order valence-electron chi connectivity index (χ4n) is 5.17. The summed E-state index contributed by atoms with van der Waals surface area (Å²) in [6, 6.07) is 5.61. The Labute approximate surface area is 159 Å².